The summed E-state index contributed by atoms with van der Waals surface area (Å²) in [5.41, 5.74) is 1.49. The SMILES string of the molecule is COc1ccc(CO/N=C\NC(=O)[C@@H](Cc2ccccc2)N2CC(C)(C)C2=O)cc1. The van der Waals surface area contributed by atoms with Gasteiger partial charge >= 0.3 is 0 Å². The Hall–Kier alpha value is -3.35. The van der Waals surface area contributed by atoms with Crippen LogP contribution in [0.15, 0.2) is 59.8 Å². The number of amides is 2. The first-order valence-corrected chi connectivity index (χ1v) is 9.83. The maximum atomic E-state index is 12.8. The number of rotatable bonds is 9. The largest absolute Gasteiger partial charge is 0.497 e. The van der Waals surface area contributed by atoms with E-state index in [2.05, 4.69) is 10.5 Å². The summed E-state index contributed by atoms with van der Waals surface area (Å²) in [5, 5.41) is 6.43. The number of β-lactam (4-membered cyclic amide) rings is 1. The van der Waals surface area contributed by atoms with Crippen molar-refractivity contribution in [2.75, 3.05) is 13.7 Å². The van der Waals surface area contributed by atoms with E-state index in [0.29, 0.717) is 13.0 Å². The van der Waals surface area contributed by atoms with Crippen molar-refractivity contribution in [1.29, 1.82) is 0 Å². The molecule has 7 heteroatoms. The second-order valence-electron chi connectivity index (χ2n) is 7.89. The van der Waals surface area contributed by atoms with Gasteiger partial charge in [0.25, 0.3) is 0 Å². The van der Waals surface area contributed by atoms with Gasteiger partial charge < -0.3 is 19.8 Å². The number of carbonyl (C=O) groups is 2. The van der Waals surface area contributed by atoms with Crippen LogP contribution >= 0.6 is 0 Å². The van der Waals surface area contributed by atoms with Crippen LogP contribution in [0.4, 0.5) is 0 Å². The Kier molecular flexibility index (Phi) is 6.72. The number of oxime groups is 1. The molecular formula is C23H27N3O4. The summed E-state index contributed by atoms with van der Waals surface area (Å²) in [5.74, 6) is 0.452. The highest BCUT2D eigenvalue weighted by Crippen LogP contribution is 2.33. The zero-order valence-corrected chi connectivity index (χ0v) is 17.5. The summed E-state index contributed by atoms with van der Waals surface area (Å²) in [6.07, 6.45) is 1.66. The molecule has 2 aromatic carbocycles. The maximum absolute atomic E-state index is 12.8. The fourth-order valence-electron chi connectivity index (χ4n) is 3.35. The van der Waals surface area contributed by atoms with E-state index < -0.39 is 11.5 Å². The van der Waals surface area contributed by atoms with Gasteiger partial charge in [0.05, 0.1) is 12.5 Å². The Balaban J connectivity index is 1.56. The van der Waals surface area contributed by atoms with Crippen LogP contribution in [0, 0.1) is 5.41 Å². The van der Waals surface area contributed by atoms with Crippen LogP contribution in [0.5, 0.6) is 5.75 Å². The van der Waals surface area contributed by atoms with Crippen molar-refractivity contribution in [2.45, 2.75) is 32.9 Å². The van der Waals surface area contributed by atoms with E-state index in [1.54, 1.807) is 12.0 Å². The number of methoxy groups -OCH3 is 1. The fraction of sp³-hybridized carbons (Fsp3) is 0.348. The van der Waals surface area contributed by atoms with Crippen LogP contribution in [-0.2, 0) is 27.5 Å². The van der Waals surface area contributed by atoms with Gasteiger partial charge in [-0.05, 0) is 37.1 Å². The highest BCUT2D eigenvalue weighted by atomic mass is 16.6. The second kappa shape index (κ2) is 9.43. The summed E-state index contributed by atoms with van der Waals surface area (Å²) >= 11 is 0. The summed E-state index contributed by atoms with van der Waals surface area (Å²) in [4.78, 5) is 32.1. The van der Waals surface area contributed by atoms with Gasteiger partial charge in [0, 0.05) is 13.0 Å². The first-order valence-electron chi connectivity index (χ1n) is 9.83. The molecule has 1 aliphatic rings. The lowest BCUT2D eigenvalue weighted by Crippen LogP contribution is -2.65. The summed E-state index contributed by atoms with van der Waals surface area (Å²) < 4.78 is 5.11. The van der Waals surface area contributed by atoms with Gasteiger partial charge in [-0.2, -0.15) is 0 Å². The van der Waals surface area contributed by atoms with Crippen LogP contribution in [0.3, 0.4) is 0 Å². The molecule has 30 heavy (non-hydrogen) atoms. The molecule has 2 aromatic rings. The molecule has 0 saturated carbocycles. The molecule has 7 nitrogen and oxygen atoms in total. The fourth-order valence-corrected chi connectivity index (χ4v) is 3.35. The number of hydrogen-bond donors (Lipinski definition) is 1. The van der Waals surface area contributed by atoms with Gasteiger partial charge in [-0.1, -0.05) is 47.6 Å². The molecule has 1 saturated heterocycles. The first-order chi connectivity index (χ1) is 14.4. The van der Waals surface area contributed by atoms with E-state index in [-0.39, 0.29) is 18.4 Å². The highest BCUT2D eigenvalue weighted by molar-refractivity contribution is 5.97. The number of nitrogens with one attached hydrogen (secondary N) is 1. The van der Waals surface area contributed by atoms with Gasteiger partial charge in [-0.25, -0.2) is 0 Å². The zero-order chi connectivity index (χ0) is 21.6. The van der Waals surface area contributed by atoms with Crippen molar-refractivity contribution in [3.63, 3.8) is 0 Å². The van der Waals surface area contributed by atoms with E-state index in [1.807, 2.05) is 68.4 Å². The van der Waals surface area contributed by atoms with E-state index in [4.69, 9.17) is 9.57 Å². The monoisotopic (exact) mass is 409 g/mol. The topological polar surface area (TPSA) is 80.2 Å². The van der Waals surface area contributed by atoms with Crippen molar-refractivity contribution < 1.29 is 19.2 Å². The standard InChI is InChI=1S/C23H27N3O4/c1-23(2)15-26(22(23)28)20(13-17-7-5-4-6-8-17)21(27)24-16-25-30-14-18-9-11-19(29-3)12-10-18/h4-12,16,20H,13-15H2,1-3H3,(H,24,25,27)/t20-/m1/s1. The predicted octanol–water partition coefficient (Wildman–Crippen LogP) is 2.75. The van der Waals surface area contributed by atoms with Gasteiger partial charge in [0.1, 0.15) is 24.7 Å². The molecule has 0 radical (unpaired) electrons. The van der Waals surface area contributed by atoms with Gasteiger partial charge in [-0.15, -0.1) is 0 Å². The van der Waals surface area contributed by atoms with E-state index in [0.717, 1.165) is 16.9 Å². The molecule has 3 rings (SSSR count). The molecule has 1 heterocycles. The number of carbonyl (C=O) groups excluding carboxylic acids is 2. The number of nitrogens with zero attached hydrogens (tertiary/aromatic N) is 2. The van der Waals surface area contributed by atoms with Crippen LogP contribution in [-0.4, -0.2) is 42.7 Å². The molecular weight excluding hydrogens is 382 g/mol. The average Bonchev–Trinajstić information content (AvgIpc) is 2.76. The Labute approximate surface area is 176 Å². The first kappa shape index (κ1) is 21.4. The summed E-state index contributed by atoms with van der Waals surface area (Å²) in [7, 11) is 1.61. The molecule has 1 N–H and O–H groups in total. The maximum Gasteiger partial charge on any atom is 0.248 e. The third-order valence-corrected chi connectivity index (χ3v) is 5.08. The third-order valence-electron chi connectivity index (χ3n) is 5.08. The van der Waals surface area contributed by atoms with E-state index in [9.17, 15) is 9.59 Å². The minimum Gasteiger partial charge on any atom is -0.497 e. The van der Waals surface area contributed by atoms with E-state index >= 15 is 0 Å². The second-order valence-corrected chi connectivity index (χ2v) is 7.89. The zero-order valence-electron chi connectivity index (χ0n) is 17.5. The van der Waals surface area contributed by atoms with Crippen molar-refractivity contribution in [1.82, 2.24) is 10.2 Å². The van der Waals surface area contributed by atoms with Gasteiger partial charge in [0.2, 0.25) is 11.8 Å². The predicted molar refractivity (Wildman–Crippen MR) is 114 cm³/mol. The van der Waals surface area contributed by atoms with E-state index in [1.165, 1.54) is 6.34 Å². The molecule has 1 atom stereocenters. The summed E-state index contributed by atoms with van der Waals surface area (Å²) in [6, 6.07) is 16.5. The van der Waals surface area contributed by atoms with Crippen LogP contribution < -0.4 is 10.1 Å². The van der Waals surface area contributed by atoms with Crippen molar-refractivity contribution in [3.8, 4) is 5.75 Å². The molecule has 1 aliphatic heterocycles. The van der Waals surface area contributed by atoms with Crippen LogP contribution in [0.1, 0.15) is 25.0 Å². The van der Waals surface area contributed by atoms with Crippen molar-refractivity contribution in [2.24, 2.45) is 10.6 Å². The molecule has 0 bridgehead atoms. The smallest absolute Gasteiger partial charge is 0.248 e. The Bertz CT molecular complexity index is 894. The highest BCUT2D eigenvalue weighted by Gasteiger charge is 2.48. The molecule has 2 amide bonds. The molecule has 0 aromatic heterocycles. The lowest BCUT2D eigenvalue weighted by molar-refractivity contribution is -0.163. The lowest BCUT2D eigenvalue weighted by atomic mass is 9.81. The number of likely N-dealkylation sites (tertiary alicyclic amines) is 1. The number of ether oxygens (including phenoxy) is 1. The molecule has 1 fully saturated rings. The minimum absolute atomic E-state index is 0.0220. The lowest BCUT2D eigenvalue weighted by Gasteiger charge is -2.48. The normalized spacial score (nSPS) is 16.1. The van der Waals surface area contributed by atoms with Crippen molar-refractivity contribution in [3.05, 3.63) is 65.7 Å². The molecule has 0 spiro atoms. The van der Waals surface area contributed by atoms with Crippen molar-refractivity contribution >= 4 is 18.2 Å². The number of hydrogen-bond acceptors (Lipinski definition) is 5. The third kappa shape index (κ3) is 5.17. The quantitative estimate of drug-likeness (QED) is 0.299. The minimum atomic E-state index is -0.596. The Morgan fingerprint density at radius 2 is 1.87 bits per heavy atom. The molecule has 0 unspecified atom stereocenters. The van der Waals surface area contributed by atoms with Crippen LogP contribution in [0.25, 0.3) is 0 Å². The number of benzene rings is 2. The van der Waals surface area contributed by atoms with Gasteiger partial charge in [-0.3, -0.25) is 9.59 Å². The van der Waals surface area contributed by atoms with Gasteiger partial charge in [0.15, 0.2) is 0 Å². The van der Waals surface area contributed by atoms with Crippen LogP contribution in [0.2, 0.25) is 0 Å². The summed E-state index contributed by atoms with van der Waals surface area (Å²) in [6.45, 7) is 4.58. The molecule has 158 valence electrons. The molecule has 0 aliphatic carbocycles. The average molecular weight is 409 g/mol. The Morgan fingerprint density at radius 1 is 1.17 bits per heavy atom. The Morgan fingerprint density at radius 3 is 2.47 bits per heavy atom.